The summed E-state index contributed by atoms with van der Waals surface area (Å²) < 4.78 is 0. The molecule has 4 heteroatoms. The fourth-order valence-electron chi connectivity index (χ4n) is 3.53. The number of nitrogens with one attached hydrogen (secondary N) is 1. The van der Waals surface area contributed by atoms with Crippen LogP contribution >= 0.6 is 0 Å². The zero-order valence-electron chi connectivity index (χ0n) is 11.9. The molecule has 1 aromatic rings. The van der Waals surface area contributed by atoms with Crippen LogP contribution in [-0.4, -0.2) is 41.1 Å². The maximum Gasteiger partial charge on any atom is 0.241 e. The number of rotatable bonds is 2. The fourth-order valence-corrected chi connectivity index (χ4v) is 3.53. The lowest BCUT2D eigenvalue weighted by atomic mass is 10.0. The quantitative estimate of drug-likeness (QED) is 0.862. The van der Waals surface area contributed by atoms with Gasteiger partial charge in [-0.1, -0.05) is 25.1 Å². The molecule has 0 aliphatic carbocycles. The summed E-state index contributed by atoms with van der Waals surface area (Å²) in [6.45, 7) is 3.20. The summed E-state index contributed by atoms with van der Waals surface area (Å²) in [5, 5.41) is 12.6. The highest BCUT2D eigenvalue weighted by molar-refractivity contribution is 5.96. The molecule has 2 aliphatic rings. The zero-order valence-corrected chi connectivity index (χ0v) is 11.9. The molecule has 3 atom stereocenters. The molecule has 1 aromatic carbocycles. The molecular weight excluding hydrogens is 252 g/mol. The molecule has 2 N–H and O–H groups in total. The number of para-hydroxylation sites is 1. The Bertz CT molecular complexity index is 503. The Hall–Kier alpha value is -1.39. The molecule has 1 fully saturated rings. The van der Waals surface area contributed by atoms with E-state index in [0.717, 1.165) is 31.5 Å². The van der Waals surface area contributed by atoms with E-state index in [4.69, 9.17) is 0 Å². The summed E-state index contributed by atoms with van der Waals surface area (Å²) in [6, 6.07) is 8.00. The highest BCUT2D eigenvalue weighted by Gasteiger charge is 2.39. The molecule has 0 spiro atoms. The Morgan fingerprint density at radius 2 is 2.15 bits per heavy atom. The Labute approximate surface area is 119 Å². The predicted octanol–water partition coefficient (Wildman–Crippen LogP) is 1.64. The SMILES string of the molecule is CC1CCN(C2CCc3ccccc3NC2=O)C1CO. The Balaban J connectivity index is 1.81. The van der Waals surface area contributed by atoms with Gasteiger partial charge in [0.2, 0.25) is 5.91 Å². The molecule has 3 rings (SSSR count). The van der Waals surface area contributed by atoms with Crippen LogP contribution in [0.3, 0.4) is 0 Å². The Kier molecular flexibility index (Phi) is 3.76. The normalized spacial score (nSPS) is 30.7. The molecule has 4 nitrogen and oxygen atoms in total. The number of likely N-dealkylation sites (tertiary alicyclic amines) is 1. The summed E-state index contributed by atoms with van der Waals surface area (Å²) in [5.41, 5.74) is 2.14. The van der Waals surface area contributed by atoms with Crippen molar-refractivity contribution in [1.82, 2.24) is 4.90 Å². The number of aliphatic hydroxyl groups is 1. The lowest BCUT2D eigenvalue weighted by Crippen LogP contribution is -2.48. The second kappa shape index (κ2) is 5.54. The highest BCUT2D eigenvalue weighted by atomic mass is 16.3. The minimum absolute atomic E-state index is 0.0718. The third-order valence-corrected chi connectivity index (χ3v) is 4.78. The smallest absolute Gasteiger partial charge is 0.241 e. The Morgan fingerprint density at radius 1 is 1.35 bits per heavy atom. The first-order chi connectivity index (χ1) is 9.70. The van der Waals surface area contributed by atoms with Crippen molar-refractivity contribution in [2.45, 2.75) is 38.3 Å². The third kappa shape index (κ3) is 2.34. The van der Waals surface area contributed by atoms with E-state index in [1.165, 1.54) is 5.56 Å². The van der Waals surface area contributed by atoms with Crippen molar-refractivity contribution < 1.29 is 9.90 Å². The number of fused-ring (bicyclic) bond motifs is 1. The van der Waals surface area contributed by atoms with Crippen molar-refractivity contribution >= 4 is 11.6 Å². The largest absolute Gasteiger partial charge is 0.395 e. The number of aryl methyl sites for hydroxylation is 1. The van der Waals surface area contributed by atoms with E-state index in [9.17, 15) is 9.90 Å². The number of carbonyl (C=O) groups excluding carboxylic acids is 1. The van der Waals surface area contributed by atoms with Gasteiger partial charge < -0.3 is 10.4 Å². The molecule has 2 heterocycles. The van der Waals surface area contributed by atoms with Crippen LogP contribution in [0, 0.1) is 5.92 Å². The van der Waals surface area contributed by atoms with Gasteiger partial charge >= 0.3 is 0 Å². The second-order valence-corrected chi connectivity index (χ2v) is 5.95. The number of benzene rings is 1. The maximum atomic E-state index is 12.5. The molecule has 0 saturated carbocycles. The number of nitrogens with zero attached hydrogens (tertiary/aromatic N) is 1. The van der Waals surface area contributed by atoms with Gasteiger partial charge in [0.1, 0.15) is 0 Å². The zero-order chi connectivity index (χ0) is 14.1. The predicted molar refractivity (Wildman–Crippen MR) is 78.5 cm³/mol. The number of amides is 1. The number of carbonyl (C=O) groups is 1. The van der Waals surface area contributed by atoms with Crippen molar-refractivity contribution in [1.29, 1.82) is 0 Å². The topological polar surface area (TPSA) is 52.6 Å². The Morgan fingerprint density at radius 3 is 2.95 bits per heavy atom. The highest BCUT2D eigenvalue weighted by Crippen LogP contribution is 2.30. The first-order valence-corrected chi connectivity index (χ1v) is 7.46. The van der Waals surface area contributed by atoms with E-state index < -0.39 is 0 Å². The van der Waals surface area contributed by atoms with Gasteiger partial charge in [-0.05, 0) is 43.4 Å². The van der Waals surface area contributed by atoms with E-state index in [1.807, 2.05) is 18.2 Å². The first-order valence-electron chi connectivity index (χ1n) is 7.46. The summed E-state index contributed by atoms with van der Waals surface area (Å²) in [5.74, 6) is 0.529. The summed E-state index contributed by atoms with van der Waals surface area (Å²) in [6.07, 6.45) is 2.79. The average molecular weight is 274 g/mol. The van der Waals surface area contributed by atoms with Gasteiger partial charge in [-0.25, -0.2) is 0 Å². The minimum atomic E-state index is -0.121. The van der Waals surface area contributed by atoms with Crippen LogP contribution in [-0.2, 0) is 11.2 Å². The van der Waals surface area contributed by atoms with Gasteiger partial charge in [0.05, 0.1) is 12.6 Å². The van der Waals surface area contributed by atoms with Crippen LogP contribution < -0.4 is 5.32 Å². The molecule has 2 aliphatic heterocycles. The fraction of sp³-hybridized carbons (Fsp3) is 0.562. The van der Waals surface area contributed by atoms with Crippen LogP contribution in [0.5, 0.6) is 0 Å². The average Bonchev–Trinajstić information content (AvgIpc) is 2.72. The van der Waals surface area contributed by atoms with E-state index in [-0.39, 0.29) is 24.6 Å². The minimum Gasteiger partial charge on any atom is -0.395 e. The van der Waals surface area contributed by atoms with Crippen LogP contribution in [0.4, 0.5) is 5.69 Å². The summed E-state index contributed by atoms with van der Waals surface area (Å²) in [7, 11) is 0. The van der Waals surface area contributed by atoms with Crippen LogP contribution in [0.1, 0.15) is 25.3 Å². The van der Waals surface area contributed by atoms with E-state index in [1.54, 1.807) is 0 Å². The van der Waals surface area contributed by atoms with Gasteiger partial charge in [-0.3, -0.25) is 9.69 Å². The van der Waals surface area contributed by atoms with Gasteiger partial charge in [0, 0.05) is 11.7 Å². The summed E-state index contributed by atoms with van der Waals surface area (Å²) in [4.78, 5) is 14.7. The second-order valence-electron chi connectivity index (χ2n) is 5.95. The molecule has 20 heavy (non-hydrogen) atoms. The number of anilines is 1. The van der Waals surface area contributed by atoms with Gasteiger partial charge in [0.15, 0.2) is 0 Å². The lowest BCUT2D eigenvalue weighted by molar-refractivity contribution is -0.122. The molecular formula is C16H22N2O2. The van der Waals surface area contributed by atoms with Gasteiger partial charge in [-0.2, -0.15) is 0 Å². The molecule has 3 unspecified atom stereocenters. The van der Waals surface area contributed by atoms with Crippen molar-refractivity contribution in [2.75, 3.05) is 18.5 Å². The molecule has 108 valence electrons. The number of hydrogen-bond donors (Lipinski definition) is 2. The molecule has 0 bridgehead atoms. The van der Waals surface area contributed by atoms with Crippen molar-refractivity contribution in [3.05, 3.63) is 29.8 Å². The van der Waals surface area contributed by atoms with E-state index in [2.05, 4.69) is 23.2 Å². The van der Waals surface area contributed by atoms with Crippen LogP contribution in [0.2, 0.25) is 0 Å². The van der Waals surface area contributed by atoms with Crippen molar-refractivity contribution in [2.24, 2.45) is 5.92 Å². The third-order valence-electron chi connectivity index (χ3n) is 4.78. The monoisotopic (exact) mass is 274 g/mol. The van der Waals surface area contributed by atoms with Gasteiger partial charge in [0.25, 0.3) is 0 Å². The van der Waals surface area contributed by atoms with Crippen molar-refractivity contribution in [3.8, 4) is 0 Å². The van der Waals surface area contributed by atoms with Crippen LogP contribution in [0.25, 0.3) is 0 Å². The lowest BCUT2D eigenvalue weighted by Gasteiger charge is -2.31. The van der Waals surface area contributed by atoms with Crippen LogP contribution in [0.15, 0.2) is 24.3 Å². The molecule has 0 radical (unpaired) electrons. The van der Waals surface area contributed by atoms with Gasteiger partial charge in [-0.15, -0.1) is 0 Å². The number of aliphatic hydroxyl groups excluding tert-OH is 1. The standard InChI is InChI=1S/C16H22N2O2/c1-11-8-9-18(15(11)10-19)14-7-6-12-4-2-3-5-13(12)17-16(14)20/h2-5,11,14-15,19H,6-10H2,1H3,(H,17,20). The first kappa shape index (κ1) is 13.6. The molecule has 1 amide bonds. The summed E-state index contributed by atoms with van der Waals surface area (Å²) >= 11 is 0. The van der Waals surface area contributed by atoms with E-state index in [0.29, 0.717) is 5.92 Å². The molecule has 1 saturated heterocycles. The number of hydrogen-bond acceptors (Lipinski definition) is 3. The molecule has 0 aromatic heterocycles. The van der Waals surface area contributed by atoms with Crippen molar-refractivity contribution in [3.63, 3.8) is 0 Å². The van der Waals surface area contributed by atoms with E-state index >= 15 is 0 Å². The maximum absolute atomic E-state index is 12.5.